The summed E-state index contributed by atoms with van der Waals surface area (Å²) in [6.07, 6.45) is 9.33. The van der Waals surface area contributed by atoms with Crippen molar-refractivity contribution in [2.45, 2.75) is 12.3 Å². The molecule has 0 aliphatic heterocycles. The number of allylic oxidation sites excluding steroid dienone is 4. The predicted molar refractivity (Wildman–Crippen MR) is 228 cm³/mol. The van der Waals surface area contributed by atoms with Crippen molar-refractivity contribution >= 4 is 75.4 Å². The van der Waals surface area contributed by atoms with Crippen LogP contribution in [0.1, 0.15) is 17.9 Å². The fourth-order valence-electron chi connectivity index (χ4n) is 10.1. The van der Waals surface area contributed by atoms with E-state index >= 15 is 0 Å². The zero-order valence-electron chi connectivity index (χ0n) is 29.2. The Bertz CT molecular complexity index is 3470. The zero-order valence-corrected chi connectivity index (χ0v) is 29.2. The molecule has 0 heterocycles. The molecular weight excluding hydrogens is 657 g/mol. The van der Waals surface area contributed by atoms with Gasteiger partial charge in [0.05, 0.1) is 0 Å². The monoisotopic (exact) mass is 686 g/mol. The number of hydrogen-bond donors (Lipinski definition) is 0. The van der Waals surface area contributed by atoms with Crippen LogP contribution in [0.25, 0.3) is 109 Å². The predicted octanol–water partition coefficient (Wildman–Crippen LogP) is 12.8. The lowest BCUT2D eigenvalue weighted by molar-refractivity contribution is 0.858. The van der Waals surface area contributed by atoms with Crippen LogP contribution >= 0.6 is 0 Å². The first kappa shape index (κ1) is 29.7. The largest absolute Gasteiger partial charge is 0.289 e. The van der Waals surface area contributed by atoms with Gasteiger partial charge in [-0.3, -0.25) is 9.59 Å². The molecule has 250 valence electrons. The van der Waals surface area contributed by atoms with E-state index in [0.29, 0.717) is 0 Å². The molecule has 0 saturated carbocycles. The molecule has 0 fully saturated rings. The van der Waals surface area contributed by atoms with E-state index in [1.807, 2.05) is 54.6 Å². The number of rotatable bonds is 4. The van der Waals surface area contributed by atoms with Crippen LogP contribution in [0.5, 0.6) is 0 Å². The topological polar surface area (TPSA) is 34.1 Å². The van der Waals surface area contributed by atoms with Crippen molar-refractivity contribution in [1.29, 1.82) is 0 Å². The quantitative estimate of drug-likeness (QED) is 0.173. The lowest BCUT2D eigenvalue weighted by Crippen LogP contribution is -2.10. The second-order valence-electron chi connectivity index (χ2n) is 14.8. The van der Waals surface area contributed by atoms with Crippen molar-refractivity contribution < 1.29 is 0 Å². The number of hydrogen-bond acceptors (Lipinski definition) is 2. The number of benzene rings is 7. The highest BCUT2D eigenvalue weighted by atomic mass is 16.1. The van der Waals surface area contributed by atoms with Crippen LogP contribution in [0.15, 0.2) is 173 Å². The van der Waals surface area contributed by atoms with Crippen LogP contribution in [0.3, 0.4) is 0 Å². The van der Waals surface area contributed by atoms with Gasteiger partial charge < -0.3 is 0 Å². The highest BCUT2D eigenvalue weighted by Crippen LogP contribution is 2.52. The maximum atomic E-state index is 14.7. The molecule has 1 aliphatic rings. The first-order valence-electron chi connectivity index (χ1n) is 18.7. The second-order valence-corrected chi connectivity index (χ2v) is 14.8. The summed E-state index contributed by atoms with van der Waals surface area (Å²) in [5.41, 5.74) is 6.28. The third-order valence-corrected chi connectivity index (χ3v) is 12.2. The fourth-order valence-corrected chi connectivity index (χ4v) is 10.1. The minimum Gasteiger partial charge on any atom is -0.289 e. The Hall–Kier alpha value is -6.90. The fraction of sp³-hybridized carbons (Fsp3) is 0.0385. The SMILES string of the molecule is O=c1c(-c2ccccc2)c2c3cccc4c5cc6c7c(C8C=CC=CC8)c(=O)c(-c8ccccc8)c7c7cccc(c5cc(c2c1-c1ccccc1)c43)c76. The molecule has 0 amide bonds. The Labute approximate surface area is 309 Å². The van der Waals surface area contributed by atoms with E-state index in [-0.39, 0.29) is 16.8 Å². The molecule has 11 aromatic rings. The molecular formula is C52H30O2. The van der Waals surface area contributed by atoms with E-state index in [4.69, 9.17) is 0 Å². The van der Waals surface area contributed by atoms with Gasteiger partial charge in [-0.05, 0) is 94.5 Å². The van der Waals surface area contributed by atoms with Crippen LogP contribution in [0.2, 0.25) is 0 Å². The smallest absolute Gasteiger partial charge is 0.195 e. The molecule has 0 N–H and O–H groups in total. The summed E-state index contributed by atoms with van der Waals surface area (Å²) in [5, 5.41) is 15.7. The van der Waals surface area contributed by atoms with Crippen LogP contribution in [-0.4, -0.2) is 0 Å². The average molecular weight is 687 g/mol. The van der Waals surface area contributed by atoms with E-state index in [9.17, 15) is 9.59 Å². The lowest BCUT2D eigenvalue weighted by atomic mass is 9.89. The molecule has 0 bridgehead atoms. The van der Waals surface area contributed by atoms with Crippen molar-refractivity contribution in [2.75, 3.05) is 0 Å². The summed E-state index contributed by atoms with van der Waals surface area (Å²) >= 11 is 0. The van der Waals surface area contributed by atoms with Crippen molar-refractivity contribution in [3.8, 4) is 33.4 Å². The van der Waals surface area contributed by atoms with Gasteiger partial charge in [0.1, 0.15) is 0 Å². The Morgan fingerprint density at radius 2 is 0.815 bits per heavy atom. The number of fused-ring (bicyclic) bond motifs is 9. The first-order chi connectivity index (χ1) is 26.7. The van der Waals surface area contributed by atoms with Crippen molar-refractivity contribution in [2.24, 2.45) is 0 Å². The van der Waals surface area contributed by atoms with Gasteiger partial charge in [-0.25, -0.2) is 0 Å². The standard InChI is InChI=1S/C52H30O2/c53-51-41(29-15-5-1-6-16-29)47-35-25-13-23-33-38-28-40-46-34(37(38)27-39(45(33)35)49(47)43(51)31-19-9-3-10-20-31)24-14-26-36(46)48-42(30-17-7-2-8-18-30)52(54)44(50(40)48)32-21-11-4-12-22-32/h1-21,23-28,32H,22H2. The summed E-state index contributed by atoms with van der Waals surface area (Å²) in [6, 6.07) is 48.4. The molecule has 1 unspecified atom stereocenters. The van der Waals surface area contributed by atoms with Crippen LogP contribution in [0, 0.1) is 0 Å². The maximum absolute atomic E-state index is 14.7. The second kappa shape index (κ2) is 10.8. The molecule has 2 heteroatoms. The molecule has 0 aromatic heterocycles. The van der Waals surface area contributed by atoms with Gasteiger partial charge in [0.25, 0.3) is 0 Å². The first-order valence-corrected chi connectivity index (χ1v) is 18.7. The minimum atomic E-state index is 0.00480. The van der Waals surface area contributed by atoms with E-state index in [0.717, 1.165) is 105 Å². The third kappa shape index (κ3) is 3.74. The van der Waals surface area contributed by atoms with Gasteiger partial charge >= 0.3 is 0 Å². The van der Waals surface area contributed by atoms with Gasteiger partial charge in [0, 0.05) is 44.3 Å². The molecule has 0 saturated heterocycles. The Kier molecular flexibility index (Phi) is 5.94. The van der Waals surface area contributed by atoms with Gasteiger partial charge in [-0.1, -0.05) is 152 Å². The van der Waals surface area contributed by atoms with Gasteiger partial charge in [-0.2, -0.15) is 0 Å². The maximum Gasteiger partial charge on any atom is 0.195 e. The highest BCUT2D eigenvalue weighted by molar-refractivity contribution is 6.44. The Balaban J connectivity index is 1.29. The molecule has 11 aromatic carbocycles. The summed E-state index contributed by atoms with van der Waals surface area (Å²) in [4.78, 5) is 29.5. The van der Waals surface area contributed by atoms with Crippen LogP contribution in [0.4, 0.5) is 0 Å². The molecule has 2 nitrogen and oxygen atoms in total. The van der Waals surface area contributed by atoms with Crippen LogP contribution < -0.4 is 10.9 Å². The lowest BCUT2D eigenvalue weighted by Gasteiger charge is -2.13. The van der Waals surface area contributed by atoms with Gasteiger partial charge in [0.15, 0.2) is 10.9 Å². The molecule has 54 heavy (non-hydrogen) atoms. The summed E-state index contributed by atoms with van der Waals surface area (Å²) < 4.78 is 0. The average Bonchev–Trinajstić information content (AvgIpc) is 3.92. The molecule has 12 rings (SSSR count). The molecule has 1 atom stereocenters. The Morgan fingerprint density at radius 3 is 1.31 bits per heavy atom. The zero-order chi connectivity index (χ0) is 35.7. The molecule has 1 aliphatic carbocycles. The van der Waals surface area contributed by atoms with E-state index < -0.39 is 0 Å². The minimum absolute atomic E-state index is 0.00480. The summed E-state index contributed by atoms with van der Waals surface area (Å²) in [5.74, 6) is 0.00480. The normalized spacial score (nSPS) is 14.8. The van der Waals surface area contributed by atoms with Gasteiger partial charge in [-0.15, -0.1) is 0 Å². The third-order valence-electron chi connectivity index (χ3n) is 12.2. The van der Waals surface area contributed by atoms with Crippen LogP contribution in [-0.2, 0) is 0 Å². The van der Waals surface area contributed by atoms with Crippen molar-refractivity contribution in [3.05, 3.63) is 190 Å². The molecule has 0 spiro atoms. The Morgan fingerprint density at radius 1 is 0.370 bits per heavy atom. The highest BCUT2D eigenvalue weighted by Gasteiger charge is 2.30. The van der Waals surface area contributed by atoms with E-state index in [2.05, 4.69) is 109 Å². The van der Waals surface area contributed by atoms with E-state index in [1.165, 1.54) is 16.2 Å². The summed E-state index contributed by atoms with van der Waals surface area (Å²) in [6.45, 7) is 0. The van der Waals surface area contributed by atoms with Crippen molar-refractivity contribution in [3.63, 3.8) is 0 Å². The van der Waals surface area contributed by atoms with E-state index in [1.54, 1.807) is 0 Å². The summed E-state index contributed by atoms with van der Waals surface area (Å²) in [7, 11) is 0. The molecule has 0 radical (unpaired) electrons. The van der Waals surface area contributed by atoms with Gasteiger partial charge in [0.2, 0.25) is 0 Å². The van der Waals surface area contributed by atoms with Crippen molar-refractivity contribution in [1.82, 2.24) is 0 Å².